The molecule has 0 radical (unpaired) electrons. The van der Waals surface area contributed by atoms with Crippen molar-refractivity contribution in [2.75, 3.05) is 19.0 Å². The van der Waals surface area contributed by atoms with Crippen LogP contribution in [-0.4, -0.2) is 24.1 Å². The van der Waals surface area contributed by atoms with Crippen LogP contribution in [-0.2, 0) is 19.7 Å². The van der Waals surface area contributed by atoms with Gasteiger partial charge in [0.05, 0.1) is 5.69 Å². The quantitative estimate of drug-likeness (QED) is 0.676. The highest BCUT2D eigenvalue weighted by molar-refractivity contribution is 5.37. The van der Waals surface area contributed by atoms with Gasteiger partial charge in [-0.2, -0.15) is 0 Å². The van der Waals surface area contributed by atoms with Crippen molar-refractivity contribution in [1.82, 2.24) is 15.3 Å². The smallest absolute Gasteiger partial charge is 0.130 e. The van der Waals surface area contributed by atoms with Crippen LogP contribution in [0.2, 0.25) is 0 Å². The first-order chi connectivity index (χ1) is 12.7. The standard InChI is InChI=1S/C21H24N4O/c1-25(2)21-10-9-18(15-24-21)14-22-13-17-6-5-8-20(12-17)26-16-19-7-3-4-11-23-19/h3-12,15,22H,13-14,16H2,1-2H3. The third-order valence-corrected chi connectivity index (χ3v) is 3.94. The summed E-state index contributed by atoms with van der Waals surface area (Å²) in [6.07, 6.45) is 3.69. The van der Waals surface area contributed by atoms with Crippen molar-refractivity contribution >= 4 is 5.82 Å². The number of ether oxygens (including phenoxy) is 1. The molecular weight excluding hydrogens is 324 g/mol. The summed E-state index contributed by atoms with van der Waals surface area (Å²) in [6, 6.07) is 18.1. The number of hydrogen-bond acceptors (Lipinski definition) is 5. The van der Waals surface area contributed by atoms with E-state index in [4.69, 9.17) is 4.74 Å². The van der Waals surface area contributed by atoms with E-state index in [-0.39, 0.29) is 0 Å². The van der Waals surface area contributed by atoms with Gasteiger partial charge in [0.15, 0.2) is 0 Å². The van der Waals surface area contributed by atoms with Crippen molar-refractivity contribution in [1.29, 1.82) is 0 Å². The minimum atomic E-state index is 0.474. The van der Waals surface area contributed by atoms with Gasteiger partial charge >= 0.3 is 0 Å². The maximum Gasteiger partial charge on any atom is 0.130 e. The van der Waals surface area contributed by atoms with E-state index in [1.807, 2.05) is 61.6 Å². The molecule has 5 heteroatoms. The molecule has 1 aromatic carbocycles. The molecule has 0 bridgehead atoms. The second kappa shape index (κ2) is 8.97. The highest BCUT2D eigenvalue weighted by atomic mass is 16.5. The van der Waals surface area contributed by atoms with Crippen LogP contribution in [0, 0.1) is 0 Å². The molecule has 26 heavy (non-hydrogen) atoms. The van der Waals surface area contributed by atoms with Crippen molar-refractivity contribution < 1.29 is 4.74 Å². The SMILES string of the molecule is CN(C)c1ccc(CNCc2cccc(OCc3ccccn3)c2)cn1. The van der Waals surface area contributed by atoms with Crippen molar-refractivity contribution in [3.63, 3.8) is 0 Å². The summed E-state index contributed by atoms with van der Waals surface area (Å²) in [4.78, 5) is 10.7. The molecule has 0 aliphatic rings. The summed E-state index contributed by atoms with van der Waals surface area (Å²) in [6.45, 7) is 2.03. The number of nitrogens with zero attached hydrogens (tertiary/aromatic N) is 3. The number of pyridine rings is 2. The van der Waals surface area contributed by atoms with E-state index in [2.05, 4.69) is 33.5 Å². The molecule has 1 N–H and O–H groups in total. The number of rotatable bonds is 8. The van der Waals surface area contributed by atoms with Gasteiger partial charge in [0.1, 0.15) is 18.2 Å². The Bertz CT molecular complexity index is 804. The van der Waals surface area contributed by atoms with E-state index in [1.165, 1.54) is 5.56 Å². The van der Waals surface area contributed by atoms with E-state index < -0.39 is 0 Å². The van der Waals surface area contributed by atoms with Gasteiger partial charge in [-0.05, 0) is 41.5 Å². The third kappa shape index (κ3) is 5.29. The molecule has 2 heterocycles. The Morgan fingerprint density at radius 2 is 1.81 bits per heavy atom. The van der Waals surface area contributed by atoms with Crippen LogP contribution >= 0.6 is 0 Å². The third-order valence-electron chi connectivity index (χ3n) is 3.94. The van der Waals surface area contributed by atoms with Gasteiger partial charge in [-0.1, -0.05) is 24.3 Å². The Balaban J connectivity index is 1.49. The van der Waals surface area contributed by atoms with Crippen molar-refractivity contribution in [3.8, 4) is 5.75 Å². The summed E-state index contributed by atoms with van der Waals surface area (Å²) >= 11 is 0. The zero-order chi connectivity index (χ0) is 18.2. The van der Waals surface area contributed by atoms with Gasteiger partial charge in [0.25, 0.3) is 0 Å². The predicted molar refractivity (Wildman–Crippen MR) is 104 cm³/mol. The zero-order valence-electron chi connectivity index (χ0n) is 15.2. The average Bonchev–Trinajstić information content (AvgIpc) is 2.68. The second-order valence-corrected chi connectivity index (χ2v) is 6.28. The van der Waals surface area contributed by atoms with E-state index in [9.17, 15) is 0 Å². The van der Waals surface area contributed by atoms with Crippen LogP contribution in [0.1, 0.15) is 16.8 Å². The maximum absolute atomic E-state index is 5.83. The molecule has 134 valence electrons. The molecule has 3 aromatic rings. The van der Waals surface area contributed by atoms with Gasteiger partial charge in [-0.25, -0.2) is 4.98 Å². The summed E-state index contributed by atoms with van der Waals surface area (Å²) in [5.74, 6) is 1.82. The minimum Gasteiger partial charge on any atom is -0.487 e. The van der Waals surface area contributed by atoms with Crippen LogP contribution in [0.4, 0.5) is 5.82 Å². The first-order valence-electron chi connectivity index (χ1n) is 8.65. The number of hydrogen-bond donors (Lipinski definition) is 1. The summed E-state index contributed by atoms with van der Waals surface area (Å²) in [5.41, 5.74) is 3.27. The second-order valence-electron chi connectivity index (χ2n) is 6.28. The Kier molecular flexibility index (Phi) is 6.17. The molecule has 0 aliphatic heterocycles. The highest BCUT2D eigenvalue weighted by Crippen LogP contribution is 2.15. The van der Waals surface area contributed by atoms with Gasteiger partial charge in [-0.3, -0.25) is 4.98 Å². The lowest BCUT2D eigenvalue weighted by molar-refractivity contribution is 0.301. The minimum absolute atomic E-state index is 0.474. The fourth-order valence-corrected chi connectivity index (χ4v) is 2.52. The monoisotopic (exact) mass is 348 g/mol. The van der Waals surface area contributed by atoms with Gasteiger partial charge in [-0.15, -0.1) is 0 Å². The van der Waals surface area contributed by atoms with Crippen LogP contribution in [0.15, 0.2) is 67.0 Å². The topological polar surface area (TPSA) is 50.3 Å². The van der Waals surface area contributed by atoms with Gasteiger partial charge in [0, 0.05) is 39.6 Å². The summed E-state index contributed by atoms with van der Waals surface area (Å²) in [7, 11) is 3.98. The Morgan fingerprint density at radius 3 is 2.54 bits per heavy atom. The van der Waals surface area contributed by atoms with E-state index in [1.54, 1.807) is 6.20 Å². The first kappa shape index (κ1) is 17.9. The summed E-state index contributed by atoms with van der Waals surface area (Å²) < 4.78 is 5.83. The lowest BCUT2D eigenvalue weighted by Gasteiger charge is -2.12. The number of benzene rings is 1. The largest absolute Gasteiger partial charge is 0.487 e. The van der Waals surface area contributed by atoms with Crippen LogP contribution in [0.5, 0.6) is 5.75 Å². The number of aromatic nitrogens is 2. The molecule has 3 rings (SSSR count). The molecule has 0 spiro atoms. The normalized spacial score (nSPS) is 10.5. The Morgan fingerprint density at radius 1 is 0.923 bits per heavy atom. The highest BCUT2D eigenvalue weighted by Gasteiger charge is 2.01. The number of anilines is 1. The van der Waals surface area contributed by atoms with Crippen molar-refractivity contribution in [2.45, 2.75) is 19.7 Å². The van der Waals surface area contributed by atoms with Gasteiger partial charge in [0.2, 0.25) is 0 Å². The fourth-order valence-electron chi connectivity index (χ4n) is 2.52. The molecular formula is C21H24N4O. The average molecular weight is 348 g/mol. The fraction of sp³-hybridized carbons (Fsp3) is 0.238. The van der Waals surface area contributed by atoms with Crippen LogP contribution in [0.25, 0.3) is 0 Å². The predicted octanol–water partition coefficient (Wildman–Crippen LogP) is 3.41. The molecule has 0 amide bonds. The van der Waals surface area contributed by atoms with E-state index >= 15 is 0 Å². The lowest BCUT2D eigenvalue weighted by atomic mass is 10.2. The molecule has 0 aliphatic carbocycles. The zero-order valence-corrected chi connectivity index (χ0v) is 15.2. The Hall–Kier alpha value is -2.92. The molecule has 5 nitrogen and oxygen atoms in total. The van der Waals surface area contributed by atoms with Crippen molar-refractivity contribution in [2.24, 2.45) is 0 Å². The molecule has 0 atom stereocenters. The molecule has 0 saturated heterocycles. The van der Waals surface area contributed by atoms with E-state index in [0.29, 0.717) is 6.61 Å². The first-order valence-corrected chi connectivity index (χ1v) is 8.65. The van der Waals surface area contributed by atoms with Gasteiger partial charge < -0.3 is 15.0 Å². The van der Waals surface area contributed by atoms with Crippen LogP contribution < -0.4 is 15.0 Å². The van der Waals surface area contributed by atoms with Crippen LogP contribution in [0.3, 0.4) is 0 Å². The lowest BCUT2D eigenvalue weighted by Crippen LogP contribution is -2.14. The summed E-state index contributed by atoms with van der Waals surface area (Å²) in [5, 5.41) is 3.45. The molecule has 0 saturated carbocycles. The van der Waals surface area contributed by atoms with Crippen molar-refractivity contribution in [3.05, 3.63) is 83.8 Å². The molecule has 0 fully saturated rings. The molecule has 2 aromatic heterocycles. The molecule has 0 unspecified atom stereocenters. The number of nitrogens with one attached hydrogen (secondary N) is 1. The van der Waals surface area contributed by atoms with E-state index in [0.717, 1.165) is 35.9 Å². The maximum atomic E-state index is 5.83. The Labute approximate surface area is 154 Å².